The van der Waals surface area contributed by atoms with Crippen LogP contribution in [-0.2, 0) is 27.1 Å². The largest absolute Gasteiger partial charge is 0.383 e. The Balaban J connectivity index is 1.56. The van der Waals surface area contributed by atoms with E-state index in [1.807, 2.05) is 30.3 Å². The molecule has 4 rings (SSSR count). The Labute approximate surface area is 171 Å². The summed E-state index contributed by atoms with van der Waals surface area (Å²) in [4.78, 5) is 12.8. The lowest BCUT2D eigenvalue weighted by Gasteiger charge is -2.31. The van der Waals surface area contributed by atoms with E-state index in [9.17, 15) is 13.2 Å². The van der Waals surface area contributed by atoms with Crippen molar-refractivity contribution < 1.29 is 13.2 Å². The summed E-state index contributed by atoms with van der Waals surface area (Å²) in [6, 6.07) is 9.45. The summed E-state index contributed by atoms with van der Waals surface area (Å²) >= 11 is 0. The van der Waals surface area contributed by atoms with E-state index in [1.165, 1.54) is 4.68 Å². The number of ether oxygens (including phenoxy) is 1. The second-order valence-electron chi connectivity index (χ2n) is 7.90. The Morgan fingerprint density at radius 1 is 1.17 bits per heavy atom. The standard InChI is InChI=1S/C20H28N4O4S/c1-28-13-12-23-20(25)24(18-9-10-18)19(21-23)17-8-5-11-22(14-17)29(26,27)15-16-6-3-2-4-7-16/h2-4,6-7,17-18H,5,8-15H2,1H3. The molecule has 1 aromatic heterocycles. The second-order valence-corrected chi connectivity index (χ2v) is 9.87. The minimum atomic E-state index is -3.42. The number of methoxy groups -OCH3 is 1. The zero-order valence-electron chi connectivity index (χ0n) is 16.7. The molecule has 158 valence electrons. The highest BCUT2D eigenvalue weighted by Gasteiger charge is 2.36. The van der Waals surface area contributed by atoms with Gasteiger partial charge in [-0.2, -0.15) is 5.10 Å². The minimum absolute atomic E-state index is 0.00172. The van der Waals surface area contributed by atoms with Gasteiger partial charge in [-0.3, -0.25) is 4.57 Å². The number of aromatic nitrogens is 3. The Kier molecular flexibility index (Phi) is 5.89. The molecule has 0 amide bonds. The molecule has 29 heavy (non-hydrogen) atoms. The van der Waals surface area contributed by atoms with E-state index >= 15 is 0 Å². The average molecular weight is 421 g/mol. The third-order valence-corrected chi connectivity index (χ3v) is 7.47. The van der Waals surface area contributed by atoms with Crippen LogP contribution in [0.2, 0.25) is 0 Å². The van der Waals surface area contributed by atoms with Crippen LogP contribution >= 0.6 is 0 Å². The molecule has 0 bridgehead atoms. The maximum absolute atomic E-state index is 13.0. The van der Waals surface area contributed by atoms with Crippen molar-refractivity contribution in [2.75, 3.05) is 26.8 Å². The fourth-order valence-electron chi connectivity index (χ4n) is 4.00. The highest BCUT2D eigenvalue weighted by Crippen LogP contribution is 2.37. The van der Waals surface area contributed by atoms with Crippen LogP contribution in [0.4, 0.5) is 0 Å². The van der Waals surface area contributed by atoms with Gasteiger partial charge in [-0.05, 0) is 31.2 Å². The summed E-state index contributed by atoms with van der Waals surface area (Å²) in [6.07, 6.45) is 3.56. The van der Waals surface area contributed by atoms with Crippen LogP contribution in [0.5, 0.6) is 0 Å². The van der Waals surface area contributed by atoms with Crippen LogP contribution in [0.15, 0.2) is 35.1 Å². The Hall–Kier alpha value is -1.97. The first kappa shape index (κ1) is 20.3. The van der Waals surface area contributed by atoms with Crippen molar-refractivity contribution >= 4 is 10.0 Å². The van der Waals surface area contributed by atoms with Gasteiger partial charge in [0.25, 0.3) is 0 Å². The van der Waals surface area contributed by atoms with Gasteiger partial charge in [0.2, 0.25) is 10.0 Å². The fourth-order valence-corrected chi connectivity index (χ4v) is 5.61. The van der Waals surface area contributed by atoms with Crippen LogP contribution in [-0.4, -0.2) is 53.9 Å². The fraction of sp³-hybridized carbons (Fsp3) is 0.600. The van der Waals surface area contributed by atoms with Crippen molar-refractivity contribution in [1.82, 2.24) is 18.7 Å². The predicted octanol–water partition coefficient (Wildman–Crippen LogP) is 1.74. The van der Waals surface area contributed by atoms with Gasteiger partial charge in [0, 0.05) is 32.2 Å². The van der Waals surface area contributed by atoms with Crippen LogP contribution < -0.4 is 5.69 Å². The minimum Gasteiger partial charge on any atom is -0.383 e. The van der Waals surface area contributed by atoms with Crippen molar-refractivity contribution in [1.29, 1.82) is 0 Å². The Morgan fingerprint density at radius 2 is 1.93 bits per heavy atom. The Morgan fingerprint density at radius 3 is 2.62 bits per heavy atom. The van der Waals surface area contributed by atoms with Gasteiger partial charge in [0.05, 0.1) is 18.9 Å². The maximum Gasteiger partial charge on any atom is 0.346 e. The number of nitrogens with zero attached hydrogens (tertiary/aromatic N) is 4. The molecule has 0 radical (unpaired) electrons. The summed E-state index contributed by atoms with van der Waals surface area (Å²) < 4.78 is 35.9. The van der Waals surface area contributed by atoms with Gasteiger partial charge in [0.1, 0.15) is 5.82 Å². The van der Waals surface area contributed by atoms with E-state index in [0.29, 0.717) is 26.2 Å². The number of sulfonamides is 1. The molecule has 2 fully saturated rings. The lowest BCUT2D eigenvalue weighted by Crippen LogP contribution is -2.40. The first-order chi connectivity index (χ1) is 14.0. The van der Waals surface area contributed by atoms with E-state index in [1.54, 1.807) is 16.0 Å². The normalized spacial score (nSPS) is 20.8. The molecular formula is C20H28N4O4S. The van der Waals surface area contributed by atoms with Crippen molar-refractivity contribution in [3.05, 3.63) is 52.2 Å². The molecule has 0 N–H and O–H groups in total. The summed E-state index contributed by atoms with van der Waals surface area (Å²) in [5.41, 5.74) is 0.678. The van der Waals surface area contributed by atoms with Crippen molar-refractivity contribution in [3.63, 3.8) is 0 Å². The summed E-state index contributed by atoms with van der Waals surface area (Å²) in [7, 11) is -1.82. The molecule has 2 aromatic rings. The first-order valence-electron chi connectivity index (χ1n) is 10.2. The number of benzene rings is 1. The number of rotatable bonds is 8. The van der Waals surface area contributed by atoms with Gasteiger partial charge in [-0.15, -0.1) is 0 Å². The van der Waals surface area contributed by atoms with E-state index in [2.05, 4.69) is 5.10 Å². The highest BCUT2D eigenvalue weighted by atomic mass is 32.2. The van der Waals surface area contributed by atoms with E-state index in [0.717, 1.165) is 37.1 Å². The van der Waals surface area contributed by atoms with Crippen molar-refractivity contribution in [3.8, 4) is 0 Å². The number of hydrogen-bond acceptors (Lipinski definition) is 5. The number of piperidine rings is 1. The van der Waals surface area contributed by atoms with Crippen LogP contribution in [0.3, 0.4) is 0 Å². The van der Waals surface area contributed by atoms with E-state index in [4.69, 9.17) is 4.74 Å². The zero-order chi connectivity index (χ0) is 20.4. The van der Waals surface area contributed by atoms with Gasteiger partial charge >= 0.3 is 5.69 Å². The lowest BCUT2D eigenvalue weighted by molar-refractivity contribution is 0.182. The van der Waals surface area contributed by atoms with E-state index in [-0.39, 0.29) is 23.4 Å². The first-order valence-corrected chi connectivity index (χ1v) is 11.8. The highest BCUT2D eigenvalue weighted by molar-refractivity contribution is 7.88. The maximum atomic E-state index is 13.0. The average Bonchev–Trinajstić information content (AvgIpc) is 3.50. The third-order valence-electron chi connectivity index (χ3n) is 5.65. The molecule has 1 aliphatic heterocycles. The smallest absolute Gasteiger partial charge is 0.346 e. The summed E-state index contributed by atoms with van der Waals surface area (Å²) in [6.45, 7) is 1.72. The second kappa shape index (κ2) is 8.41. The summed E-state index contributed by atoms with van der Waals surface area (Å²) in [5.74, 6) is 0.665. The molecular weight excluding hydrogens is 392 g/mol. The van der Waals surface area contributed by atoms with Crippen LogP contribution in [0.1, 0.15) is 49.0 Å². The lowest BCUT2D eigenvalue weighted by atomic mass is 9.99. The van der Waals surface area contributed by atoms with Crippen molar-refractivity contribution in [2.24, 2.45) is 0 Å². The monoisotopic (exact) mass is 420 g/mol. The van der Waals surface area contributed by atoms with Gasteiger partial charge in [-0.25, -0.2) is 22.2 Å². The predicted molar refractivity (Wildman–Crippen MR) is 109 cm³/mol. The third kappa shape index (κ3) is 4.46. The number of hydrogen-bond donors (Lipinski definition) is 0. The van der Waals surface area contributed by atoms with Crippen LogP contribution in [0, 0.1) is 0 Å². The molecule has 1 aliphatic carbocycles. The molecule has 0 spiro atoms. The molecule has 1 unspecified atom stereocenters. The molecule has 2 aliphatic rings. The van der Waals surface area contributed by atoms with Crippen LogP contribution in [0.25, 0.3) is 0 Å². The topological polar surface area (TPSA) is 86.4 Å². The van der Waals surface area contributed by atoms with Crippen molar-refractivity contribution in [2.45, 2.75) is 49.9 Å². The molecule has 2 heterocycles. The molecule has 1 saturated heterocycles. The van der Waals surface area contributed by atoms with Gasteiger partial charge in [-0.1, -0.05) is 30.3 Å². The SMILES string of the molecule is COCCn1nc(C2CCCN(S(=O)(=O)Cc3ccccc3)C2)n(C2CC2)c1=O. The van der Waals surface area contributed by atoms with Gasteiger partial charge in [0.15, 0.2) is 0 Å². The molecule has 1 atom stereocenters. The molecule has 8 nitrogen and oxygen atoms in total. The molecule has 9 heteroatoms. The Bertz CT molecular complexity index is 995. The molecule has 1 saturated carbocycles. The van der Waals surface area contributed by atoms with E-state index < -0.39 is 10.0 Å². The zero-order valence-corrected chi connectivity index (χ0v) is 17.6. The molecule has 1 aromatic carbocycles. The van der Waals surface area contributed by atoms with Gasteiger partial charge < -0.3 is 4.74 Å². The quantitative estimate of drug-likeness (QED) is 0.649. The summed E-state index contributed by atoms with van der Waals surface area (Å²) in [5, 5.41) is 4.60.